The van der Waals surface area contributed by atoms with Crippen molar-refractivity contribution in [3.8, 4) is 0 Å². The van der Waals surface area contributed by atoms with Gasteiger partial charge in [0.25, 0.3) is 0 Å². The summed E-state index contributed by atoms with van der Waals surface area (Å²) >= 11 is 0. The van der Waals surface area contributed by atoms with Crippen LogP contribution < -0.4 is 10.6 Å². The third-order valence-corrected chi connectivity index (χ3v) is 5.96. The zero-order valence-electron chi connectivity index (χ0n) is 18.1. The van der Waals surface area contributed by atoms with Gasteiger partial charge in [0.1, 0.15) is 0 Å². The second-order valence-corrected chi connectivity index (χ2v) is 8.89. The van der Waals surface area contributed by atoms with Gasteiger partial charge in [-0.15, -0.1) is 0 Å². The molecular weight excluding hydrogens is 364 g/mol. The summed E-state index contributed by atoms with van der Waals surface area (Å²) in [5.41, 5.74) is 2.42. The summed E-state index contributed by atoms with van der Waals surface area (Å²) in [4.78, 5) is 29.8. The van der Waals surface area contributed by atoms with E-state index in [1.807, 2.05) is 18.7 Å². The molecule has 2 N–H and O–H groups in total. The van der Waals surface area contributed by atoms with Crippen LogP contribution in [0.15, 0.2) is 24.3 Å². The van der Waals surface area contributed by atoms with Gasteiger partial charge < -0.3 is 20.4 Å². The van der Waals surface area contributed by atoms with Gasteiger partial charge in [-0.1, -0.05) is 29.8 Å². The quantitative estimate of drug-likeness (QED) is 0.772. The highest BCUT2D eigenvalue weighted by atomic mass is 16.2. The number of amides is 3. The van der Waals surface area contributed by atoms with Crippen molar-refractivity contribution < 1.29 is 9.59 Å². The van der Waals surface area contributed by atoms with Crippen molar-refractivity contribution >= 4 is 11.9 Å². The Labute approximate surface area is 175 Å². The smallest absolute Gasteiger partial charge is 0.317 e. The minimum Gasteiger partial charge on any atom is -0.355 e. The fourth-order valence-electron chi connectivity index (χ4n) is 4.45. The molecule has 2 atom stereocenters. The molecular formula is C23H36N4O2. The first kappa shape index (κ1) is 21.6. The van der Waals surface area contributed by atoms with Gasteiger partial charge in [0.15, 0.2) is 0 Å². The number of carbonyl (C=O) groups excluding carboxylic acids is 2. The van der Waals surface area contributed by atoms with Crippen molar-refractivity contribution in [2.75, 3.05) is 39.3 Å². The van der Waals surface area contributed by atoms with Gasteiger partial charge in [-0.3, -0.25) is 4.79 Å². The lowest BCUT2D eigenvalue weighted by atomic mass is 9.83. The molecule has 2 aliphatic heterocycles. The Balaban J connectivity index is 1.65. The second-order valence-electron chi connectivity index (χ2n) is 8.89. The number of aryl methyl sites for hydroxylation is 1. The van der Waals surface area contributed by atoms with Crippen LogP contribution in [-0.2, 0) is 4.79 Å². The number of urea groups is 1. The van der Waals surface area contributed by atoms with E-state index in [0.717, 1.165) is 26.1 Å². The first-order chi connectivity index (χ1) is 13.9. The van der Waals surface area contributed by atoms with Gasteiger partial charge >= 0.3 is 6.03 Å². The van der Waals surface area contributed by atoms with Crippen LogP contribution in [0.2, 0.25) is 0 Å². The molecule has 0 radical (unpaired) electrons. The molecule has 29 heavy (non-hydrogen) atoms. The van der Waals surface area contributed by atoms with Crippen LogP contribution >= 0.6 is 0 Å². The van der Waals surface area contributed by atoms with Crippen molar-refractivity contribution in [3.63, 3.8) is 0 Å². The van der Waals surface area contributed by atoms with Crippen LogP contribution in [0.4, 0.5) is 4.79 Å². The summed E-state index contributed by atoms with van der Waals surface area (Å²) < 4.78 is 0. The number of nitrogens with one attached hydrogen (secondary N) is 2. The van der Waals surface area contributed by atoms with Crippen molar-refractivity contribution in [3.05, 3.63) is 35.4 Å². The topological polar surface area (TPSA) is 64.7 Å². The van der Waals surface area contributed by atoms with Crippen LogP contribution in [-0.4, -0.2) is 67.0 Å². The van der Waals surface area contributed by atoms with Gasteiger partial charge in [-0.2, -0.15) is 0 Å². The molecule has 1 aromatic rings. The van der Waals surface area contributed by atoms with E-state index in [2.05, 4.69) is 46.7 Å². The fourth-order valence-corrected chi connectivity index (χ4v) is 4.45. The van der Waals surface area contributed by atoms with E-state index in [0.29, 0.717) is 19.6 Å². The maximum absolute atomic E-state index is 12.9. The minimum absolute atomic E-state index is 0.0731. The average molecular weight is 401 g/mol. The Hall–Kier alpha value is -2.08. The van der Waals surface area contributed by atoms with Crippen molar-refractivity contribution in [1.82, 2.24) is 20.4 Å². The maximum Gasteiger partial charge on any atom is 0.317 e. The zero-order chi connectivity index (χ0) is 20.8. The van der Waals surface area contributed by atoms with E-state index < -0.39 is 0 Å². The molecule has 2 saturated heterocycles. The second kappa shape index (κ2) is 10.1. The molecule has 0 aromatic heterocycles. The molecule has 2 fully saturated rings. The Kier molecular flexibility index (Phi) is 7.53. The first-order valence-corrected chi connectivity index (χ1v) is 11.0. The molecule has 3 rings (SSSR count). The first-order valence-electron chi connectivity index (χ1n) is 11.0. The predicted molar refractivity (Wildman–Crippen MR) is 116 cm³/mol. The Morgan fingerprint density at radius 3 is 2.62 bits per heavy atom. The lowest BCUT2D eigenvalue weighted by Gasteiger charge is -2.38. The number of likely N-dealkylation sites (tertiary alicyclic amines) is 2. The Bertz CT molecular complexity index is 700. The van der Waals surface area contributed by atoms with Crippen LogP contribution in [0.5, 0.6) is 0 Å². The molecule has 0 bridgehead atoms. The number of hydrogen-bond acceptors (Lipinski definition) is 3. The predicted octanol–water partition coefficient (Wildman–Crippen LogP) is 2.73. The molecule has 6 nitrogen and oxygen atoms in total. The number of piperidine rings is 1. The zero-order valence-corrected chi connectivity index (χ0v) is 18.1. The van der Waals surface area contributed by atoms with Gasteiger partial charge in [0, 0.05) is 38.1 Å². The number of carbonyl (C=O) groups is 2. The Morgan fingerprint density at radius 1 is 1.17 bits per heavy atom. The number of rotatable bonds is 6. The molecule has 3 amide bonds. The number of nitrogens with zero attached hydrogens (tertiary/aromatic N) is 2. The summed E-state index contributed by atoms with van der Waals surface area (Å²) in [6.07, 6.45) is 3.30. The SMILES string of the molecule is Cc1cccc([C@@H]2C[C@H](C(=O)NCCN3CCCC3)CN(C(=O)NC(C)C)C2)c1. The molecule has 2 heterocycles. The standard InChI is InChI=1S/C23H36N4O2/c1-17(2)25-23(29)27-15-20(19-8-6-7-18(3)13-19)14-21(16-27)22(28)24-9-12-26-10-4-5-11-26/h6-8,13,17,20-21H,4-5,9-12,14-16H2,1-3H3,(H,24,28)(H,25,29)/t20-,21+/m1/s1. The molecule has 2 aliphatic rings. The Morgan fingerprint density at radius 2 is 1.93 bits per heavy atom. The van der Waals surface area contributed by atoms with Crippen LogP contribution in [0, 0.1) is 12.8 Å². The molecule has 0 aliphatic carbocycles. The van der Waals surface area contributed by atoms with Crippen LogP contribution in [0.3, 0.4) is 0 Å². The van der Waals surface area contributed by atoms with Crippen LogP contribution in [0.25, 0.3) is 0 Å². The van der Waals surface area contributed by atoms with E-state index in [1.54, 1.807) is 0 Å². The lowest BCUT2D eigenvalue weighted by Crippen LogP contribution is -2.52. The summed E-state index contributed by atoms with van der Waals surface area (Å²) in [7, 11) is 0. The fraction of sp³-hybridized carbons (Fsp3) is 0.652. The van der Waals surface area contributed by atoms with Crippen molar-refractivity contribution in [2.24, 2.45) is 5.92 Å². The normalized spacial score (nSPS) is 22.7. The third kappa shape index (κ3) is 6.20. The molecule has 0 spiro atoms. The van der Waals surface area contributed by atoms with E-state index >= 15 is 0 Å². The lowest BCUT2D eigenvalue weighted by molar-refractivity contribution is -0.126. The van der Waals surface area contributed by atoms with Gasteiger partial charge in [-0.25, -0.2) is 4.79 Å². The van der Waals surface area contributed by atoms with E-state index in [1.165, 1.54) is 24.0 Å². The number of benzene rings is 1. The van der Waals surface area contributed by atoms with Gasteiger partial charge in [0.05, 0.1) is 5.92 Å². The number of hydrogen-bond donors (Lipinski definition) is 2. The summed E-state index contributed by atoms with van der Waals surface area (Å²) in [5, 5.41) is 6.11. The largest absolute Gasteiger partial charge is 0.355 e. The van der Waals surface area contributed by atoms with Crippen molar-refractivity contribution in [1.29, 1.82) is 0 Å². The highest BCUT2D eigenvalue weighted by Gasteiger charge is 2.34. The highest BCUT2D eigenvalue weighted by molar-refractivity contribution is 5.81. The minimum atomic E-state index is -0.175. The van der Waals surface area contributed by atoms with E-state index in [-0.39, 0.29) is 29.8 Å². The summed E-state index contributed by atoms with van der Waals surface area (Å²) in [6.45, 7) is 11.0. The van der Waals surface area contributed by atoms with E-state index in [4.69, 9.17) is 0 Å². The molecule has 1 aromatic carbocycles. The molecule has 160 valence electrons. The molecule has 0 saturated carbocycles. The average Bonchev–Trinajstić information content (AvgIpc) is 3.20. The monoisotopic (exact) mass is 400 g/mol. The maximum atomic E-state index is 12.9. The third-order valence-electron chi connectivity index (χ3n) is 5.96. The summed E-state index contributed by atoms with van der Waals surface area (Å²) in [5.74, 6) is 0.0746. The molecule has 6 heteroatoms. The summed E-state index contributed by atoms with van der Waals surface area (Å²) in [6, 6.07) is 8.43. The van der Waals surface area contributed by atoms with Crippen molar-refractivity contribution in [2.45, 2.75) is 52.0 Å². The van der Waals surface area contributed by atoms with Crippen LogP contribution in [0.1, 0.15) is 50.2 Å². The highest BCUT2D eigenvalue weighted by Crippen LogP contribution is 2.31. The van der Waals surface area contributed by atoms with E-state index in [9.17, 15) is 9.59 Å². The molecule has 0 unspecified atom stereocenters. The van der Waals surface area contributed by atoms with Gasteiger partial charge in [-0.05, 0) is 58.7 Å². The van der Waals surface area contributed by atoms with Gasteiger partial charge in [0.2, 0.25) is 5.91 Å².